The molecule has 0 aliphatic rings. The fraction of sp³-hybridized carbons (Fsp3) is 0.222. The average molecular weight is 241 g/mol. The molecule has 1 rings (SSSR count). The lowest BCUT2D eigenvalue weighted by Crippen LogP contribution is -2.28. The maximum atomic E-state index is 11.1. The summed E-state index contributed by atoms with van der Waals surface area (Å²) in [6.07, 6.45) is 3.93. The second kappa shape index (κ2) is 5.86. The highest BCUT2D eigenvalue weighted by Gasteiger charge is 2.03. The molecule has 1 aromatic heterocycles. The smallest absolute Gasteiger partial charge is 0.328 e. The summed E-state index contributed by atoms with van der Waals surface area (Å²) in [5, 5.41) is 13.9. The van der Waals surface area contributed by atoms with E-state index in [4.69, 9.17) is 5.11 Å². The van der Waals surface area contributed by atoms with Gasteiger partial charge in [-0.25, -0.2) is 14.6 Å². The molecular weight excluding hydrogens is 230 g/mol. The quantitative estimate of drug-likeness (QED) is 0.694. The van der Waals surface area contributed by atoms with Crippen molar-refractivity contribution in [3.63, 3.8) is 0 Å². The highest BCUT2D eigenvalue weighted by molar-refractivity contribution is 7.16. The number of carboxylic acid groups (broad SMARTS) is 1. The first kappa shape index (κ1) is 12.2. The Bertz CT molecular complexity index is 414. The molecular formula is C9H11N3O3S. The summed E-state index contributed by atoms with van der Waals surface area (Å²) in [5.74, 6) is -1.02. The van der Waals surface area contributed by atoms with Crippen LogP contribution in [-0.2, 0) is 4.79 Å². The largest absolute Gasteiger partial charge is 0.478 e. The Labute approximate surface area is 96.0 Å². The van der Waals surface area contributed by atoms with E-state index in [9.17, 15) is 9.59 Å². The van der Waals surface area contributed by atoms with E-state index in [0.717, 1.165) is 6.08 Å². The number of carbonyl (C=O) groups is 2. The van der Waals surface area contributed by atoms with E-state index >= 15 is 0 Å². The van der Waals surface area contributed by atoms with Crippen LogP contribution in [0.4, 0.5) is 9.93 Å². The first-order valence-electron chi connectivity index (χ1n) is 4.53. The van der Waals surface area contributed by atoms with Gasteiger partial charge in [-0.15, -0.1) is 0 Å². The summed E-state index contributed by atoms with van der Waals surface area (Å²) < 4.78 is 0. The van der Waals surface area contributed by atoms with E-state index < -0.39 is 5.97 Å². The van der Waals surface area contributed by atoms with Crippen LogP contribution in [0.5, 0.6) is 0 Å². The highest BCUT2D eigenvalue weighted by atomic mass is 32.1. The van der Waals surface area contributed by atoms with Gasteiger partial charge in [-0.05, 0) is 13.0 Å². The minimum absolute atomic E-state index is 0.328. The van der Waals surface area contributed by atoms with Gasteiger partial charge in [0.1, 0.15) is 0 Å². The van der Waals surface area contributed by atoms with Gasteiger partial charge in [0.2, 0.25) is 0 Å². The van der Waals surface area contributed by atoms with E-state index in [1.807, 2.05) is 6.92 Å². The van der Waals surface area contributed by atoms with Crippen molar-refractivity contribution in [2.45, 2.75) is 6.92 Å². The van der Waals surface area contributed by atoms with Crippen LogP contribution in [0.25, 0.3) is 6.08 Å². The van der Waals surface area contributed by atoms with E-state index in [1.165, 1.54) is 23.6 Å². The summed E-state index contributed by atoms with van der Waals surface area (Å²) in [6, 6.07) is -0.328. The topological polar surface area (TPSA) is 91.3 Å². The number of carbonyl (C=O) groups excluding carboxylic acids is 1. The molecule has 0 spiro atoms. The number of anilines is 1. The van der Waals surface area contributed by atoms with Crippen molar-refractivity contribution in [3.05, 3.63) is 17.2 Å². The molecule has 2 amide bonds. The Morgan fingerprint density at radius 3 is 3.00 bits per heavy atom. The van der Waals surface area contributed by atoms with Crippen molar-refractivity contribution in [3.8, 4) is 0 Å². The van der Waals surface area contributed by atoms with Crippen LogP contribution in [0.2, 0.25) is 0 Å². The molecule has 0 unspecified atom stereocenters. The van der Waals surface area contributed by atoms with Crippen molar-refractivity contribution >= 4 is 34.5 Å². The number of hydrogen-bond donors (Lipinski definition) is 3. The molecule has 0 saturated heterocycles. The molecule has 86 valence electrons. The fourth-order valence-electron chi connectivity index (χ4n) is 0.877. The molecule has 0 fully saturated rings. The number of aromatic nitrogens is 1. The second-order valence-electron chi connectivity index (χ2n) is 2.72. The van der Waals surface area contributed by atoms with Crippen LogP contribution in [-0.4, -0.2) is 28.6 Å². The summed E-state index contributed by atoms with van der Waals surface area (Å²) >= 11 is 1.20. The third-order valence-electron chi connectivity index (χ3n) is 1.47. The first-order valence-corrected chi connectivity index (χ1v) is 5.35. The predicted molar refractivity (Wildman–Crippen MR) is 61.5 cm³/mol. The number of nitrogens with one attached hydrogen (secondary N) is 2. The fourth-order valence-corrected chi connectivity index (χ4v) is 1.59. The van der Waals surface area contributed by atoms with Crippen molar-refractivity contribution in [2.75, 3.05) is 11.9 Å². The van der Waals surface area contributed by atoms with E-state index in [1.54, 1.807) is 0 Å². The predicted octanol–water partition coefficient (Wildman–Crippen LogP) is 1.38. The van der Waals surface area contributed by atoms with Gasteiger partial charge in [-0.3, -0.25) is 5.32 Å². The molecule has 0 bridgehead atoms. The number of nitrogens with zero attached hydrogens (tertiary/aromatic N) is 1. The molecule has 0 aliphatic heterocycles. The average Bonchev–Trinajstić information content (AvgIpc) is 2.63. The molecule has 3 N–H and O–H groups in total. The van der Waals surface area contributed by atoms with Crippen LogP contribution in [0.15, 0.2) is 12.3 Å². The van der Waals surface area contributed by atoms with Gasteiger partial charge in [0, 0.05) is 23.7 Å². The van der Waals surface area contributed by atoms with Crippen molar-refractivity contribution < 1.29 is 14.7 Å². The van der Waals surface area contributed by atoms with Crippen LogP contribution in [0.1, 0.15) is 11.8 Å². The molecule has 1 aromatic rings. The number of aliphatic carboxylic acids is 1. The Balaban J connectivity index is 2.58. The normalized spacial score (nSPS) is 10.3. The highest BCUT2D eigenvalue weighted by Crippen LogP contribution is 2.18. The van der Waals surface area contributed by atoms with Crippen LogP contribution in [0, 0.1) is 0 Å². The zero-order chi connectivity index (χ0) is 12.0. The lowest BCUT2D eigenvalue weighted by molar-refractivity contribution is -0.131. The Morgan fingerprint density at radius 1 is 1.62 bits per heavy atom. The summed E-state index contributed by atoms with van der Waals surface area (Å²) in [5.41, 5.74) is 0. The van der Waals surface area contributed by atoms with Crippen LogP contribution >= 0.6 is 11.3 Å². The molecule has 16 heavy (non-hydrogen) atoms. The van der Waals surface area contributed by atoms with E-state index in [0.29, 0.717) is 16.6 Å². The number of thiazole rings is 1. The zero-order valence-corrected chi connectivity index (χ0v) is 9.37. The maximum Gasteiger partial charge on any atom is 0.328 e. The minimum Gasteiger partial charge on any atom is -0.478 e. The molecule has 0 aliphatic carbocycles. The standard InChI is InChI=1S/C9H11N3O3S/c1-2-10-8(15)12-9-11-5-6(16-9)3-4-7(13)14/h3-5H,2H2,1H3,(H,13,14)(H2,10,11,12,15)/b4-3+. The third-order valence-corrected chi connectivity index (χ3v) is 2.35. The van der Waals surface area contributed by atoms with Gasteiger partial charge in [-0.2, -0.15) is 0 Å². The summed E-state index contributed by atoms with van der Waals surface area (Å²) in [4.78, 5) is 26.0. The van der Waals surface area contributed by atoms with Crippen molar-refractivity contribution in [1.82, 2.24) is 10.3 Å². The number of carboxylic acids is 1. The number of hydrogen-bond acceptors (Lipinski definition) is 4. The van der Waals surface area contributed by atoms with Gasteiger partial charge in [0.15, 0.2) is 5.13 Å². The van der Waals surface area contributed by atoms with E-state index in [2.05, 4.69) is 15.6 Å². The SMILES string of the molecule is CCNC(=O)Nc1ncc(/C=C/C(=O)O)s1. The van der Waals surface area contributed by atoms with Crippen molar-refractivity contribution in [2.24, 2.45) is 0 Å². The van der Waals surface area contributed by atoms with Gasteiger partial charge in [0.05, 0.1) is 0 Å². The zero-order valence-electron chi connectivity index (χ0n) is 8.56. The third kappa shape index (κ3) is 4.09. The number of urea groups is 1. The Kier molecular flexibility index (Phi) is 4.46. The first-order chi connectivity index (χ1) is 7.61. The van der Waals surface area contributed by atoms with Gasteiger partial charge < -0.3 is 10.4 Å². The Hall–Kier alpha value is -1.89. The lowest BCUT2D eigenvalue weighted by Gasteiger charge is -2.00. The minimum atomic E-state index is -1.02. The molecule has 0 radical (unpaired) electrons. The van der Waals surface area contributed by atoms with E-state index in [-0.39, 0.29) is 6.03 Å². The monoisotopic (exact) mass is 241 g/mol. The molecule has 1 heterocycles. The van der Waals surface area contributed by atoms with Gasteiger partial charge >= 0.3 is 12.0 Å². The maximum absolute atomic E-state index is 11.1. The summed E-state index contributed by atoms with van der Waals surface area (Å²) in [7, 11) is 0. The van der Waals surface area contributed by atoms with Crippen LogP contribution < -0.4 is 10.6 Å². The molecule has 7 heteroatoms. The molecule has 0 aromatic carbocycles. The van der Waals surface area contributed by atoms with Gasteiger partial charge in [0.25, 0.3) is 0 Å². The number of amides is 2. The van der Waals surface area contributed by atoms with Crippen LogP contribution in [0.3, 0.4) is 0 Å². The molecule has 0 saturated carbocycles. The lowest BCUT2D eigenvalue weighted by atomic mass is 10.4. The number of rotatable bonds is 4. The van der Waals surface area contributed by atoms with Gasteiger partial charge in [-0.1, -0.05) is 11.3 Å². The molecule has 6 nitrogen and oxygen atoms in total. The molecule has 0 atom stereocenters. The van der Waals surface area contributed by atoms with Crippen molar-refractivity contribution in [1.29, 1.82) is 0 Å². The second-order valence-corrected chi connectivity index (χ2v) is 3.79. The summed E-state index contributed by atoms with van der Waals surface area (Å²) in [6.45, 7) is 2.34. The Morgan fingerprint density at radius 2 is 2.38 bits per heavy atom.